The molecule has 1 amide bonds. The molecule has 0 spiro atoms. The molecule has 0 aliphatic heterocycles. The van der Waals surface area contributed by atoms with Gasteiger partial charge in [-0.2, -0.15) is 0 Å². The standard InChI is InChI=1S/C15H22N4O4/c1-14(2,3)23-13(21)19-12-17-7-9(8-18-12)15(5-6-15)10(16)11(20)22-4/h7-8,10H,5-6,16H2,1-4H3,(H,17,18,19,21). The molecular formula is C15H22N4O4. The third kappa shape index (κ3) is 3.95. The van der Waals surface area contributed by atoms with Crippen molar-refractivity contribution in [1.29, 1.82) is 0 Å². The van der Waals surface area contributed by atoms with E-state index in [1.54, 1.807) is 33.2 Å². The van der Waals surface area contributed by atoms with Crippen LogP contribution in [0, 0.1) is 0 Å². The molecule has 23 heavy (non-hydrogen) atoms. The minimum absolute atomic E-state index is 0.130. The van der Waals surface area contributed by atoms with E-state index in [2.05, 4.69) is 15.3 Å². The summed E-state index contributed by atoms with van der Waals surface area (Å²) in [6.07, 6.45) is 4.04. The SMILES string of the molecule is COC(=O)C(N)C1(c2cnc(NC(=O)OC(C)(C)C)nc2)CC1. The molecule has 8 nitrogen and oxygen atoms in total. The van der Waals surface area contributed by atoms with Gasteiger partial charge in [-0.05, 0) is 39.2 Å². The van der Waals surface area contributed by atoms with Crippen molar-refractivity contribution in [3.63, 3.8) is 0 Å². The second-order valence-corrected chi connectivity index (χ2v) is 6.58. The average Bonchev–Trinajstić information content (AvgIpc) is 3.26. The maximum Gasteiger partial charge on any atom is 0.414 e. The van der Waals surface area contributed by atoms with Gasteiger partial charge in [0.1, 0.15) is 11.6 Å². The molecule has 1 saturated carbocycles. The fourth-order valence-corrected chi connectivity index (χ4v) is 2.31. The average molecular weight is 322 g/mol. The number of nitrogens with two attached hydrogens (primary N) is 1. The molecule has 1 unspecified atom stereocenters. The number of nitrogens with zero attached hydrogens (tertiary/aromatic N) is 2. The van der Waals surface area contributed by atoms with E-state index in [1.807, 2.05) is 0 Å². The highest BCUT2D eigenvalue weighted by Gasteiger charge is 2.53. The summed E-state index contributed by atoms with van der Waals surface area (Å²) in [6, 6.07) is -0.749. The highest BCUT2D eigenvalue weighted by molar-refractivity contribution is 5.82. The molecule has 0 bridgehead atoms. The first kappa shape index (κ1) is 17.1. The molecule has 2 rings (SSSR count). The lowest BCUT2D eigenvalue weighted by Gasteiger charge is -2.21. The molecule has 1 aliphatic carbocycles. The zero-order chi connectivity index (χ0) is 17.3. The van der Waals surface area contributed by atoms with Crippen molar-refractivity contribution >= 4 is 18.0 Å². The van der Waals surface area contributed by atoms with Crippen LogP contribution in [-0.2, 0) is 19.7 Å². The Hall–Kier alpha value is -2.22. The van der Waals surface area contributed by atoms with Crippen molar-refractivity contribution in [2.45, 2.75) is 50.7 Å². The normalized spacial score (nSPS) is 17.1. The Morgan fingerprint density at radius 1 is 1.30 bits per heavy atom. The van der Waals surface area contributed by atoms with Crippen LogP contribution in [0.25, 0.3) is 0 Å². The maximum absolute atomic E-state index is 11.7. The molecule has 1 aliphatic rings. The predicted molar refractivity (Wildman–Crippen MR) is 82.8 cm³/mol. The lowest BCUT2D eigenvalue weighted by Crippen LogP contribution is -2.43. The Balaban J connectivity index is 2.05. The number of anilines is 1. The Kier molecular flexibility index (Phi) is 4.56. The minimum atomic E-state index is -0.749. The number of methoxy groups -OCH3 is 1. The quantitative estimate of drug-likeness (QED) is 0.804. The third-order valence-corrected chi connectivity index (χ3v) is 3.68. The van der Waals surface area contributed by atoms with Crippen LogP contribution in [-0.4, -0.2) is 40.8 Å². The summed E-state index contributed by atoms with van der Waals surface area (Å²) < 4.78 is 9.83. The van der Waals surface area contributed by atoms with Crippen LogP contribution in [0.5, 0.6) is 0 Å². The van der Waals surface area contributed by atoms with Gasteiger partial charge in [-0.15, -0.1) is 0 Å². The van der Waals surface area contributed by atoms with Crippen molar-refractivity contribution < 1.29 is 19.1 Å². The Labute approximate surface area is 134 Å². The van der Waals surface area contributed by atoms with Gasteiger partial charge >= 0.3 is 12.1 Å². The summed E-state index contributed by atoms with van der Waals surface area (Å²) in [5, 5.41) is 2.45. The summed E-state index contributed by atoms with van der Waals surface area (Å²) in [5.74, 6) is -0.330. The summed E-state index contributed by atoms with van der Waals surface area (Å²) in [7, 11) is 1.31. The van der Waals surface area contributed by atoms with Crippen LogP contribution in [0.3, 0.4) is 0 Å². The number of aromatic nitrogens is 2. The van der Waals surface area contributed by atoms with Crippen LogP contribution in [0.1, 0.15) is 39.2 Å². The Morgan fingerprint density at radius 2 is 1.87 bits per heavy atom. The fraction of sp³-hybridized carbons (Fsp3) is 0.600. The van der Waals surface area contributed by atoms with Crippen LogP contribution in [0.15, 0.2) is 12.4 Å². The molecule has 126 valence electrons. The summed E-state index contributed by atoms with van der Waals surface area (Å²) in [4.78, 5) is 31.5. The number of hydrogen-bond acceptors (Lipinski definition) is 7. The van der Waals surface area contributed by atoms with Crippen molar-refractivity contribution in [1.82, 2.24) is 9.97 Å². The van der Waals surface area contributed by atoms with Gasteiger partial charge < -0.3 is 15.2 Å². The molecule has 0 saturated heterocycles. The van der Waals surface area contributed by atoms with Crippen molar-refractivity contribution in [3.8, 4) is 0 Å². The molecular weight excluding hydrogens is 300 g/mol. The van der Waals surface area contributed by atoms with E-state index in [0.717, 1.165) is 18.4 Å². The largest absolute Gasteiger partial charge is 0.468 e. The number of nitrogens with one attached hydrogen (secondary N) is 1. The summed E-state index contributed by atoms with van der Waals surface area (Å²) >= 11 is 0. The summed E-state index contributed by atoms with van der Waals surface area (Å²) in [6.45, 7) is 5.30. The lowest BCUT2D eigenvalue weighted by molar-refractivity contribution is -0.143. The van der Waals surface area contributed by atoms with Gasteiger partial charge in [0.25, 0.3) is 0 Å². The zero-order valence-electron chi connectivity index (χ0n) is 13.8. The number of carbonyl (C=O) groups is 2. The first-order chi connectivity index (χ1) is 10.7. The first-order valence-corrected chi connectivity index (χ1v) is 7.34. The van der Waals surface area contributed by atoms with E-state index in [1.165, 1.54) is 7.11 Å². The van der Waals surface area contributed by atoms with Crippen molar-refractivity contribution in [2.24, 2.45) is 5.73 Å². The molecule has 8 heteroatoms. The van der Waals surface area contributed by atoms with Crippen LogP contribution in [0.2, 0.25) is 0 Å². The number of ether oxygens (including phenoxy) is 2. The van der Waals surface area contributed by atoms with Crippen LogP contribution >= 0.6 is 0 Å². The maximum atomic E-state index is 11.7. The number of rotatable bonds is 4. The topological polar surface area (TPSA) is 116 Å². The molecule has 1 fully saturated rings. The molecule has 1 aromatic heterocycles. The Morgan fingerprint density at radius 3 is 2.30 bits per heavy atom. The van der Waals surface area contributed by atoms with E-state index >= 15 is 0 Å². The highest BCUT2D eigenvalue weighted by Crippen LogP contribution is 2.50. The second-order valence-electron chi connectivity index (χ2n) is 6.58. The smallest absolute Gasteiger partial charge is 0.414 e. The number of esters is 1. The molecule has 0 radical (unpaired) electrons. The van der Waals surface area contributed by atoms with Gasteiger partial charge in [0, 0.05) is 17.8 Å². The van der Waals surface area contributed by atoms with E-state index in [4.69, 9.17) is 15.2 Å². The fourth-order valence-electron chi connectivity index (χ4n) is 2.31. The first-order valence-electron chi connectivity index (χ1n) is 7.34. The van der Waals surface area contributed by atoms with Gasteiger partial charge in [-0.1, -0.05) is 0 Å². The Bertz CT molecular complexity index is 590. The van der Waals surface area contributed by atoms with Crippen LogP contribution in [0.4, 0.5) is 10.7 Å². The van der Waals surface area contributed by atoms with Gasteiger partial charge in [0.15, 0.2) is 0 Å². The van der Waals surface area contributed by atoms with Crippen LogP contribution < -0.4 is 11.1 Å². The minimum Gasteiger partial charge on any atom is -0.468 e. The van der Waals surface area contributed by atoms with E-state index < -0.39 is 29.1 Å². The van der Waals surface area contributed by atoms with Crippen molar-refractivity contribution in [3.05, 3.63) is 18.0 Å². The highest BCUT2D eigenvalue weighted by atomic mass is 16.6. The predicted octanol–water partition coefficient (Wildman–Crippen LogP) is 1.36. The zero-order valence-corrected chi connectivity index (χ0v) is 13.8. The molecule has 1 aromatic rings. The van der Waals surface area contributed by atoms with Crippen molar-refractivity contribution in [2.75, 3.05) is 12.4 Å². The summed E-state index contributed by atoms with van der Waals surface area (Å²) in [5.41, 5.74) is 5.65. The number of carbonyl (C=O) groups excluding carboxylic acids is 2. The van der Waals surface area contributed by atoms with E-state index in [9.17, 15) is 9.59 Å². The molecule has 1 atom stereocenters. The van der Waals surface area contributed by atoms with E-state index in [0.29, 0.717) is 0 Å². The number of amides is 1. The molecule has 1 heterocycles. The third-order valence-electron chi connectivity index (χ3n) is 3.68. The molecule has 3 N–H and O–H groups in total. The molecule has 0 aromatic carbocycles. The second kappa shape index (κ2) is 6.11. The van der Waals surface area contributed by atoms with Gasteiger partial charge in [0.05, 0.1) is 7.11 Å². The number of hydrogen-bond donors (Lipinski definition) is 2. The van der Waals surface area contributed by atoms with Gasteiger partial charge in [-0.3, -0.25) is 10.1 Å². The monoisotopic (exact) mass is 322 g/mol. The lowest BCUT2D eigenvalue weighted by atomic mass is 9.90. The van der Waals surface area contributed by atoms with Gasteiger partial charge in [0.2, 0.25) is 5.95 Å². The van der Waals surface area contributed by atoms with E-state index in [-0.39, 0.29) is 5.95 Å². The van der Waals surface area contributed by atoms with Gasteiger partial charge in [-0.25, -0.2) is 14.8 Å².